The SMILES string of the molecule is COc1ccc(CCNC(=O)N2CCC[C@](C)(O)CC2)c(Cl)c1. The van der Waals surface area contributed by atoms with Gasteiger partial charge in [0.25, 0.3) is 0 Å². The third kappa shape index (κ3) is 5.29. The number of likely N-dealkylation sites (tertiary alicyclic amines) is 1. The summed E-state index contributed by atoms with van der Waals surface area (Å²) in [7, 11) is 1.60. The van der Waals surface area contributed by atoms with E-state index in [1.807, 2.05) is 19.1 Å². The van der Waals surface area contributed by atoms with Crippen LogP contribution in [0.3, 0.4) is 0 Å². The fraction of sp³-hybridized carbons (Fsp3) is 0.588. The van der Waals surface area contributed by atoms with E-state index in [0.29, 0.717) is 37.5 Å². The normalized spacial score (nSPS) is 21.7. The number of benzene rings is 1. The first-order chi connectivity index (χ1) is 10.9. The Morgan fingerprint density at radius 3 is 2.91 bits per heavy atom. The van der Waals surface area contributed by atoms with E-state index in [1.165, 1.54) is 0 Å². The molecule has 2 rings (SSSR count). The summed E-state index contributed by atoms with van der Waals surface area (Å²) in [6, 6.07) is 5.47. The molecule has 0 spiro atoms. The number of hydrogen-bond acceptors (Lipinski definition) is 3. The van der Waals surface area contributed by atoms with E-state index in [-0.39, 0.29) is 6.03 Å². The number of carbonyl (C=O) groups excluding carboxylic acids is 1. The van der Waals surface area contributed by atoms with Gasteiger partial charge in [0.2, 0.25) is 0 Å². The summed E-state index contributed by atoms with van der Waals surface area (Å²) in [6.45, 7) is 3.63. The van der Waals surface area contributed by atoms with Crippen molar-refractivity contribution in [2.24, 2.45) is 0 Å². The number of ether oxygens (including phenoxy) is 1. The Kier molecular flexibility index (Phi) is 6.13. The molecule has 1 fully saturated rings. The van der Waals surface area contributed by atoms with E-state index in [9.17, 15) is 9.90 Å². The zero-order chi connectivity index (χ0) is 16.9. The minimum absolute atomic E-state index is 0.0765. The molecule has 0 aliphatic carbocycles. The molecule has 1 aliphatic rings. The van der Waals surface area contributed by atoms with Crippen LogP contribution in [-0.2, 0) is 6.42 Å². The van der Waals surface area contributed by atoms with Gasteiger partial charge in [-0.15, -0.1) is 0 Å². The summed E-state index contributed by atoms with van der Waals surface area (Å²) in [5.41, 5.74) is 0.317. The average Bonchev–Trinajstić information content (AvgIpc) is 2.69. The van der Waals surface area contributed by atoms with Gasteiger partial charge in [-0.05, 0) is 50.3 Å². The molecule has 1 aromatic rings. The number of nitrogens with zero attached hydrogens (tertiary/aromatic N) is 1. The summed E-state index contributed by atoms with van der Waals surface area (Å²) >= 11 is 6.19. The van der Waals surface area contributed by atoms with E-state index in [4.69, 9.17) is 16.3 Å². The van der Waals surface area contributed by atoms with Crippen LogP contribution in [0.4, 0.5) is 4.79 Å². The lowest BCUT2D eigenvalue weighted by molar-refractivity contribution is 0.0457. The number of rotatable bonds is 4. The van der Waals surface area contributed by atoms with Gasteiger partial charge in [0, 0.05) is 24.7 Å². The van der Waals surface area contributed by atoms with Gasteiger partial charge >= 0.3 is 6.03 Å². The molecule has 0 saturated carbocycles. The Bertz CT molecular complexity index is 549. The second-order valence-electron chi connectivity index (χ2n) is 6.28. The molecule has 1 heterocycles. The number of aliphatic hydroxyl groups is 1. The largest absolute Gasteiger partial charge is 0.497 e. The standard InChI is InChI=1S/C17H25ClN2O3/c1-17(22)7-3-10-20(11-8-17)16(21)19-9-6-13-4-5-14(23-2)12-15(13)18/h4-5,12,22H,3,6-11H2,1-2H3,(H,19,21)/t17-/m0/s1. The molecule has 1 atom stereocenters. The highest BCUT2D eigenvalue weighted by Crippen LogP contribution is 2.23. The van der Waals surface area contributed by atoms with E-state index in [0.717, 1.165) is 24.2 Å². The predicted molar refractivity (Wildman–Crippen MR) is 91.2 cm³/mol. The van der Waals surface area contributed by atoms with Gasteiger partial charge in [-0.1, -0.05) is 17.7 Å². The lowest BCUT2D eigenvalue weighted by atomic mass is 9.98. The molecule has 0 unspecified atom stereocenters. The number of urea groups is 1. The fourth-order valence-electron chi connectivity index (χ4n) is 2.74. The Hall–Kier alpha value is -1.46. The quantitative estimate of drug-likeness (QED) is 0.886. The zero-order valence-corrected chi connectivity index (χ0v) is 14.5. The molecule has 6 heteroatoms. The van der Waals surface area contributed by atoms with E-state index in [2.05, 4.69) is 5.32 Å². The van der Waals surface area contributed by atoms with Gasteiger partial charge in [-0.2, -0.15) is 0 Å². The van der Waals surface area contributed by atoms with Crippen molar-refractivity contribution >= 4 is 17.6 Å². The van der Waals surface area contributed by atoms with Gasteiger partial charge in [-0.3, -0.25) is 0 Å². The van der Waals surface area contributed by atoms with Crippen molar-refractivity contribution in [2.45, 2.75) is 38.2 Å². The summed E-state index contributed by atoms with van der Waals surface area (Å²) in [4.78, 5) is 14.0. The third-order valence-corrected chi connectivity index (χ3v) is 4.63. The van der Waals surface area contributed by atoms with E-state index >= 15 is 0 Å². The van der Waals surface area contributed by atoms with Crippen LogP contribution in [0, 0.1) is 0 Å². The van der Waals surface area contributed by atoms with Crippen LogP contribution in [0.2, 0.25) is 5.02 Å². The second kappa shape index (κ2) is 7.88. The molecule has 5 nitrogen and oxygen atoms in total. The topological polar surface area (TPSA) is 61.8 Å². The molecular weight excluding hydrogens is 316 g/mol. The number of carbonyl (C=O) groups is 1. The molecule has 0 radical (unpaired) electrons. The molecule has 2 N–H and O–H groups in total. The van der Waals surface area contributed by atoms with Crippen molar-refractivity contribution in [3.8, 4) is 5.75 Å². The summed E-state index contributed by atoms with van der Waals surface area (Å²) in [5.74, 6) is 0.722. The zero-order valence-electron chi connectivity index (χ0n) is 13.8. The summed E-state index contributed by atoms with van der Waals surface area (Å²) in [5, 5.41) is 13.6. The number of methoxy groups -OCH3 is 1. The maximum atomic E-state index is 12.2. The molecule has 23 heavy (non-hydrogen) atoms. The van der Waals surface area contributed by atoms with E-state index < -0.39 is 5.60 Å². The van der Waals surface area contributed by atoms with Crippen molar-refractivity contribution in [3.63, 3.8) is 0 Å². The van der Waals surface area contributed by atoms with Crippen molar-refractivity contribution in [1.82, 2.24) is 10.2 Å². The second-order valence-corrected chi connectivity index (χ2v) is 6.68. The van der Waals surface area contributed by atoms with Gasteiger partial charge < -0.3 is 20.1 Å². The maximum absolute atomic E-state index is 12.2. The molecule has 1 saturated heterocycles. The average molecular weight is 341 g/mol. The predicted octanol–water partition coefficient (Wildman–Crippen LogP) is 2.84. The minimum atomic E-state index is -0.661. The van der Waals surface area contributed by atoms with Gasteiger partial charge in [0.05, 0.1) is 12.7 Å². The maximum Gasteiger partial charge on any atom is 0.317 e. The van der Waals surface area contributed by atoms with Crippen LogP contribution in [-0.4, -0.2) is 48.4 Å². The van der Waals surface area contributed by atoms with Crippen LogP contribution in [0.1, 0.15) is 31.7 Å². The summed E-state index contributed by atoms with van der Waals surface area (Å²) in [6.07, 6.45) is 2.84. The van der Waals surface area contributed by atoms with Gasteiger partial charge in [0.1, 0.15) is 5.75 Å². The highest BCUT2D eigenvalue weighted by atomic mass is 35.5. The number of halogens is 1. The van der Waals surface area contributed by atoms with Crippen molar-refractivity contribution < 1.29 is 14.6 Å². The van der Waals surface area contributed by atoms with Gasteiger partial charge in [-0.25, -0.2) is 4.79 Å². The lowest BCUT2D eigenvalue weighted by Crippen LogP contribution is -2.41. The van der Waals surface area contributed by atoms with Crippen LogP contribution in [0.15, 0.2) is 18.2 Å². The molecule has 1 aliphatic heterocycles. The number of amides is 2. The van der Waals surface area contributed by atoms with Crippen molar-refractivity contribution in [2.75, 3.05) is 26.7 Å². The van der Waals surface area contributed by atoms with Crippen LogP contribution >= 0.6 is 11.6 Å². The number of hydrogen-bond donors (Lipinski definition) is 2. The Morgan fingerprint density at radius 1 is 1.43 bits per heavy atom. The Morgan fingerprint density at radius 2 is 2.22 bits per heavy atom. The highest BCUT2D eigenvalue weighted by Gasteiger charge is 2.26. The highest BCUT2D eigenvalue weighted by molar-refractivity contribution is 6.31. The fourth-order valence-corrected chi connectivity index (χ4v) is 3.01. The van der Waals surface area contributed by atoms with Gasteiger partial charge in [0.15, 0.2) is 0 Å². The summed E-state index contributed by atoms with van der Waals surface area (Å²) < 4.78 is 5.12. The monoisotopic (exact) mass is 340 g/mol. The molecule has 0 aromatic heterocycles. The van der Waals surface area contributed by atoms with E-state index in [1.54, 1.807) is 18.1 Å². The number of nitrogens with one attached hydrogen (secondary N) is 1. The molecule has 2 amide bonds. The first-order valence-corrected chi connectivity index (χ1v) is 8.37. The Labute approximate surface area is 142 Å². The first kappa shape index (κ1) is 17.9. The van der Waals surface area contributed by atoms with Crippen molar-refractivity contribution in [3.05, 3.63) is 28.8 Å². The molecule has 0 bridgehead atoms. The third-order valence-electron chi connectivity index (χ3n) is 4.28. The van der Waals surface area contributed by atoms with Crippen LogP contribution in [0.5, 0.6) is 5.75 Å². The molecule has 1 aromatic carbocycles. The minimum Gasteiger partial charge on any atom is -0.497 e. The molecule has 128 valence electrons. The van der Waals surface area contributed by atoms with Crippen molar-refractivity contribution in [1.29, 1.82) is 0 Å². The molecular formula is C17H25ClN2O3. The first-order valence-electron chi connectivity index (χ1n) is 7.99. The van der Waals surface area contributed by atoms with Crippen LogP contribution in [0.25, 0.3) is 0 Å². The lowest BCUT2D eigenvalue weighted by Gasteiger charge is -2.23. The smallest absolute Gasteiger partial charge is 0.317 e. The Balaban J connectivity index is 1.80. The van der Waals surface area contributed by atoms with Crippen LogP contribution < -0.4 is 10.1 Å².